The van der Waals surface area contributed by atoms with Gasteiger partial charge in [-0.05, 0) is 38.5 Å². The number of nitrogens with one attached hydrogen (secondary N) is 1. The lowest BCUT2D eigenvalue weighted by atomic mass is 10.0. The van der Waals surface area contributed by atoms with Crippen LogP contribution in [0.4, 0.5) is 0 Å². The Morgan fingerprint density at radius 3 is 2.76 bits per heavy atom. The Morgan fingerprint density at radius 1 is 1.38 bits per heavy atom. The van der Waals surface area contributed by atoms with Gasteiger partial charge in [0.2, 0.25) is 10.0 Å². The van der Waals surface area contributed by atoms with Gasteiger partial charge in [-0.1, -0.05) is 0 Å². The van der Waals surface area contributed by atoms with E-state index in [0.29, 0.717) is 19.1 Å². The summed E-state index contributed by atoms with van der Waals surface area (Å²) in [5, 5.41) is 3.13. The zero-order valence-electron chi connectivity index (χ0n) is 12.2. The summed E-state index contributed by atoms with van der Waals surface area (Å²) in [5.74, 6) is 1.02. The van der Waals surface area contributed by atoms with E-state index >= 15 is 0 Å². The second-order valence-electron chi connectivity index (χ2n) is 6.06. The Balaban J connectivity index is 1.57. The molecule has 0 bridgehead atoms. The van der Waals surface area contributed by atoms with Crippen LogP contribution in [0.1, 0.15) is 55.3 Å². The van der Waals surface area contributed by atoms with Gasteiger partial charge in [0.25, 0.3) is 0 Å². The number of sulfonamides is 1. The first-order chi connectivity index (χ1) is 10.0. The third-order valence-electron chi connectivity index (χ3n) is 4.06. The topological polar surface area (TPSA) is 68.3 Å². The summed E-state index contributed by atoms with van der Waals surface area (Å²) in [6, 6.07) is -0.251. The maximum Gasteiger partial charge on any atom is 0.212 e. The second kappa shape index (κ2) is 6.32. The van der Waals surface area contributed by atoms with Crippen molar-refractivity contribution in [3.63, 3.8) is 0 Å². The Hall–Kier alpha value is -0.500. The first-order valence-electron chi connectivity index (χ1n) is 7.56. The minimum atomic E-state index is -3.26. The van der Waals surface area contributed by atoms with E-state index < -0.39 is 10.0 Å². The Labute approximate surface area is 130 Å². The van der Waals surface area contributed by atoms with E-state index in [1.165, 1.54) is 12.8 Å². The summed E-state index contributed by atoms with van der Waals surface area (Å²) in [6.07, 6.45) is 4.10. The van der Waals surface area contributed by atoms with Crippen LogP contribution in [0.2, 0.25) is 0 Å². The molecule has 118 valence electrons. The molecule has 1 aliphatic heterocycles. The lowest BCUT2D eigenvalue weighted by Gasteiger charge is -2.22. The molecule has 2 heterocycles. The highest BCUT2D eigenvalue weighted by Crippen LogP contribution is 2.41. The molecule has 1 unspecified atom stereocenters. The fourth-order valence-corrected chi connectivity index (χ4v) is 5.41. The van der Waals surface area contributed by atoms with Crippen molar-refractivity contribution in [2.24, 2.45) is 5.92 Å². The van der Waals surface area contributed by atoms with Crippen LogP contribution in [-0.2, 0) is 14.8 Å². The second-order valence-corrected chi connectivity index (χ2v) is 8.75. The van der Waals surface area contributed by atoms with Gasteiger partial charge in [0.15, 0.2) is 0 Å². The van der Waals surface area contributed by atoms with Gasteiger partial charge in [-0.3, -0.25) is 0 Å². The normalized spacial score (nSPS) is 22.3. The van der Waals surface area contributed by atoms with Gasteiger partial charge in [-0.2, -0.15) is 0 Å². The van der Waals surface area contributed by atoms with Crippen LogP contribution >= 0.6 is 11.3 Å². The highest BCUT2D eigenvalue weighted by molar-refractivity contribution is 7.89. The molecule has 1 atom stereocenters. The van der Waals surface area contributed by atoms with E-state index in [0.717, 1.165) is 23.5 Å². The molecular weight excluding hydrogens is 308 g/mol. The molecule has 2 aliphatic rings. The molecule has 0 amide bonds. The summed E-state index contributed by atoms with van der Waals surface area (Å²) in [4.78, 5) is 4.57. The molecule has 1 aliphatic carbocycles. The number of ether oxygens (including phenoxy) is 1. The molecule has 1 aromatic rings. The van der Waals surface area contributed by atoms with E-state index in [1.807, 2.05) is 12.3 Å². The van der Waals surface area contributed by atoms with E-state index in [4.69, 9.17) is 4.74 Å². The third kappa shape index (κ3) is 4.25. The van der Waals surface area contributed by atoms with Gasteiger partial charge in [-0.15, -0.1) is 11.3 Å². The quantitative estimate of drug-likeness (QED) is 0.870. The maximum absolute atomic E-state index is 12.3. The van der Waals surface area contributed by atoms with E-state index in [-0.39, 0.29) is 17.7 Å². The van der Waals surface area contributed by atoms with Crippen LogP contribution in [0.25, 0.3) is 0 Å². The Kier molecular flexibility index (Phi) is 4.63. The standard InChI is InChI=1S/C14H22N2O3S2/c1-10(13-8-20-14(15-13)12-2-3-12)16-21(17,18)9-11-4-6-19-7-5-11/h8,10-12,16H,2-7,9H2,1H3. The first kappa shape index (κ1) is 15.4. The number of thiazole rings is 1. The molecule has 5 nitrogen and oxygen atoms in total. The molecule has 7 heteroatoms. The van der Waals surface area contributed by atoms with Crippen LogP contribution in [0.3, 0.4) is 0 Å². The van der Waals surface area contributed by atoms with Gasteiger partial charge >= 0.3 is 0 Å². The van der Waals surface area contributed by atoms with E-state index in [1.54, 1.807) is 11.3 Å². The molecule has 21 heavy (non-hydrogen) atoms. The third-order valence-corrected chi connectivity index (χ3v) is 6.71. The van der Waals surface area contributed by atoms with Gasteiger partial charge in [-0.25, -0.2) is 18.1 Å². The lowest BCUT2D eigenvalue weighted by molar-refractivity contribution is 0.0723. The van der Waals surface area contributed by atoms with Gasteiger partial charge in [0, 0.05) is 24.5 Å². The van der Waals surface area contributed by atoms with Crippen LogP contribution in [0.5, 0.6) is 0 Å². The Morgan fingerprint density at radius 2 is 2.10 bits per heavy atom. The summed E-state index contributed by atoms with van der Waals surface area (Å²) in [7, 11) is -3.26. The monoisotopic (exact) mass is 330 g/mol. The van der Waals surface area contributed by atoms with Crippen molar-refractivity contribution in [2.75, 3.05) is 19.0 Å². The Bertz CT molecular complexity index is 575. The minimum absolute atomic E-state index is 0.195. The largest absolute Gasteiger partial charge is 0.381 e. The van der Waals surface area contributed by atoms with Crippen LogP contribution < -0.4 is 4.72 Å². The molecule has 3 rings (SSSR count). The van der Waals surface area contributed by atoms with Crippen molar-refractivity contribution in [3.05, 3.63) is 16.1 Å². The number of aromatic nitrogens is 1. The predicted molar refractivity (Wildman–Crippen MR) is 83.0 cm³/mol. The van der Waals surface area contributed by atoms with Crippen molar-refractivity contribution in [3.8, 4) is 0 Å². The van der Waals surface area contributed by atoms with Gasteiger partial charge in [0.1, 0.15) is 0 Å². The first-order valence-corrected chi connectivity index (χ1v) is 10.1. The van der Waals surface area contributed by atoms with E-state index in [2.05, 4.69) is 9.71 Å². The zero-order chi connectivity index (χ0) is 14.9. The highest BCUT2D eigenvalue weighted by atomic mass is 32.2. The lowest BCUT2D eigenvalue weighted by Crippen LogP contribution is -2.34. The van der Waals surface area contributed by atoms with Crippen LogP contribution in [0, 0.1) is 5.92 Å². The van der Waals surface area contributed by atoms with Gasteiger partial charge in [0.05, 0.1) is 22.5 Å². The molecule has 2 fully saturated rings. The van der Waals surface area contributed by atoms with Crippen molar-refractivity contribution >= 4 is 21.4 Å². The predicted octanol–water partition coefficient (Wildman–Crippen LogP) is 2.43. The zero-order valence-corrected chi connectivity index (χ0v) is 13.9. The number of hydrogen-bond donors (Lipinski definition) is 1. The summed E-state index contributed by atoms with van der Waals surface area (Å²) in [6.45, 7) is 3.21. The molecular formula is C14H22N2O3S2. The smallest absolute Gasteiger partial charge is 0.212 e. The molecule has 1 aromatic heterocycles. The average Bonchev–Trinajstić information content (AvgIpc) is 3.16. The molecule has 1 saturated carbocycles. The van der Waals surface area contributed by atoms with Crippen molar-refractivity contribution in [1.82, 2.24) is 9.71 Å². The minimum Gasteiger partial charge on any atom is -0.381 e. The summed E-state index contributed by atoms with van der Waals surface area (Å²) < 4.78 is 32.6. The van der Waals surface area contributed by atoms with Crippen LogP contribution in [0.15, 0.2) is 5.38 Å². The van der Waals surface area contributed by atoms with Crippen LogP contribution in [-0.4, -0.2) is 32.4 Å². The summed E-state index contributed by atoms with van der Waals surface area (Å²) in [5.41, 5.74) is 0.845. The number of hydrogen-bond acceptors (Lipinski definition) is 5. The van der Waals surface area contributed by atoms with Crippen molar-refractivity contribution in [1.29, 1.82) is 0 Å². The maximum atomic E-state index is 12.3. The van der Waals surface area contributed by atoms with E-state index in [9.17, 15) is 8.42 Å². The van der Waals surface area contributed by atoms with Crippen molar-refractivity contribution < 1.29 is 13.2 Å². The molecule has 1 saturated heterocycles. The molecule has 0 spiro atoms. The fraction of sp³-hybridized carbons (Fsp3) is 0.786. The highest BCUT2D eigenvalue weighted by Gasteiger charge is 2.28. The molecule has 1 N–H and O–H groups in total. The number of rotatable bonds is 6. The number of nitrogens with zero attached hydrogens (tertiary/aromatic N) is 1. The average molecular weight is 330 g/mol. The fourth-order valence-electron chi connectivity index (χ4n) is 2.62. The van der Waals surface area contributed by atoms with Crippen molar-refractivity contribution in [2.45, 2.75) is 44.6 Å². The SMILES string of the molecule is CC(NS(=O)(=O)CC1CCOCC1)c1csc(C2CC2)n1. The molecule has 0 radical (unpaired) electrons. The summed E-state index contributed by atoms with van der Waals surface area (Å²) >= 11 is 1.65. The van der Waals surface area contributed by atoms with Gasteiger partial charge < -0.3 is 4.74 Å². The molecule has 0 aromatic carbocycles.